The van der Waals surface area contributed by atoms with Crippen molar-refractivity contribution >= 4 is 49.8 Å². The first-order chi connectivity index (χ1) is 13.5. The molecule has 28 heavy (non-hydrogen) atoms. The Morgan fingerprint density at radius 1 is 1.36 bits per heavy atom. The Morgan fingerprint density at radius 2 is 2.14 bits per heavy atom. The molecule has 146 valence electrons. The minimum absolute atomic E-state index is 0.0340. The molecule has 0 radical (unpaired) electrons. The van der Waals surface area contributed by atoms with Gasteiger partial charge in [0.25, 0.3) is 0 Å². The highest BCUT2D eigenvalue weighted by Crippen LogP contribution is 2.34. The third-order valence-corrected chi connectivity index (χ3v) is 6.13. The number of nitrogens with one attached hydrogen (secondary N) is 1. The maximum Gasteiger partial charge on any atom is 0.348 e. The van der Waals surface area contributed by atoms with Crippen molar-refractivity contribution in [3.63, 3.8) is 0 Å². The van der Waals surface area contributed by atoms with E-state index in [-0.39, 0.29) is 16.7 Å². The molecule has 1 saturated heterocycles. The van der Waals surface area contributed by atoms with Gasteiger partial charge in [-0.3, -0.25) is 15.0 Å². The van der Waals surface area contributed by atoms with Gasteiger partial charge < -0.3 is 5.32 Å². The molecule has 0 atom stereocenters. The van der Waals surface area contributed by atoms with Crippen LogP contribution < -0.4 is 5.32 Å². The van der Waals surface area contributed by atoms with Gasteiger partial charge in [0, 0.05) is 6.54 Å². The number of fused-ring (bicyclic) bond motifs is 1. The molecule has 10 heteroatoms. The van der Waals surface area contributed by atoms with Crippen LogP contribution in [0.2, 0.25) is 5.15 Å². The maximum absolute atomic E-state index is 11.2. The molecule has 3 aromatic rings. The minimum atomic E-state index is -0.602. The third kappa shape index (κ3) is 4.06. The van der Waals surface area contributed by atoms with Crippen LogP contribution in [-0.4, -0.2) is 37.9 Å². The van der Waals surface area contributed by atoms with E-state index in [0.29, 0.717) is 5.13 Å². The van der Waals surface area contributed by atoms with Crippen LogP contribution in [0.1, 0.15) is 25.3 Å². The zero-order chi connectivity index (χ0) is 19.7. The summed E-state index contributed by atoms with van der Waals surface area (Å²) in [7, 11) is 0. The lowest BCUT2D eigenvalue weighted by molar-refractivity contribution is -0.384. The lowest BCUT2D eigenvalue weighted by Crippen LogP contribution is -2.32. The van der Waals surface area contributed by atoms with Gasteiger partial charge in [0.15, 0.2) is 5.13 Å². The molecule has 0 spiro atoms. The SMILES string of the molecule is CC1CCN(Cc2ccc3nc(Nc4ncnc(Cl)c4[N+](=O)[O-])sc3c2)CC1. The molecule has 0 unspecified atom stereocenters. The first-order valence-electron chi connectivity index (χ1n) is 9.03. The molecule has 0 bridgehead atoms. The van der Waals surface area contributed by atoms with E-state index in [4.69, 9.17) is 11.6 Å². The Kier molecular flexibility index (Phi) is 5.38. The molecule has 0 aliphatic carbocycles. The van der Waals surface area contributed by atoms with Gasteiger partial charge in [-0.1, -0.05) is 35.9 Å². The van der Waals surface area contributed by atoms with E-state index < -0.39 is 4.92 Å². The topological polar surface area (TPSA) is 97.1 Å². The molecule has 1 aliphatic heterocycles. The highest BCUT2D eigenvalue weighted by molar-refractivity contribution is 7.22. The molecular formula is C18H19ClN6O2S. The second kappa shape index (κ2) is 7.94. The summed E-state index contributed by atoms with van der Waals surface area (Å²) < 4.78 is 1.02. The van der Waals surface area contributed by atoms with Crippen LogP contribution in [0, 0.1) is 16.0 Å². The maximum atomic E-state index is 11.2. The van der Waals surface area contributed by atoms with Crippen LogP contribution in [0.4, 0.5) is 16.6 Å². The standard InChI is InChI=1S/C18H19ClN6O2S/c1-11-4-6-24(7-5-11)9-12-2-3-13-14(8-12)28-18(22-13)23-17-15(25(26)27)16(19)20-10-21-17/h2-3,8,10-11H,4-7,9H2,1H3,(H,20,21,22,23). The van der Waals surface area contributed by atoms with Crippen LogP contribution in [-0.2, 0) is 6.54 Å². The summed E-state index contributed by atoms with van der Waals surface area (Å²) in [4.78, 5) is 25.2. The number of nitro groups is 1. The normalized spacial score (nSPS) is 15.8. The third-order valence-electron chi connectivity index (χ3n) is 4.92. The lowest BCUT2D eigenvalue weighted by atomic mass is 9.99. The molecule has 0 saturated carbocycles. The van der Waals surface area contributed by atoms with Crippen LogP contribution >= 0.6 is 22.9 Å². The lowest BCUT2D eigenvalue weighted by Gasteiger charge is -2.30. The summed E-state index contributed by atoms with van der Waals surface area (Å²) in [5, 5.41) is 14.5. The number of anilines is 2. The Balaban J connectivity index is 1.54. The van der Waals surface area contributed by atoms with Crippen LogP contribution in [0.5, 0.6) is 0 Å². The van der Waals surface area contributed by atoms with Crippen molar-refractivity contribution in [2.75, 3.05) is 18.4 Å². The van der Waals surface area contributed by atoms with E-state index in [0.717, 1.165) is 35.8 Å². The summed E-state index contributed by atoms with van der Waals surface area (Å²) in [6.45, 7) is 5.50. The van der Waals surface area contributed by atoms with Gasteiger partial charge in [-0.05, 0) is 49.5 Å². The zero-order valence-corrected chi connectivity index (χ0v) is 16.8. The summed E-state index contributed by atoms with van der Waals surface area (Å²) in [5.74, 6) is 0.847. The van der Waals surface area contributed by atoms with Crippen molar-refractivity contribution in [3.05, 3.63) is 45.4 Å². The quantitative estimate of drug-likeness (QED) is 0.366. The number of likely N-dealkylation sites (tertiary alicyclic amines) is 1. The van der Waals surface area contributed by atoms with Crippen LogP contribution in [0.25, 0.3) is 10.2 Å². The molecule has 1 aromatic carbocycles. The minimum Gasteiger partial charge on any atom is -0.310 e. The Hall–Kier alpha value is -2.36. The second-order valence-electron chi connectivity index (χ2n) is 7.02. The first-order valence-corrected chi connectivity index (χ1v) is 10.2. The van der Waals surface area contributed by atoms with E-state index >= 15 is 0 Å². The molecule has 4 rings (SSSR count). The van der Waals surface area contributed by atoms with Gasteiger partial charge >= 0.3 is 5.69 Å². The van der Waals surface area contributed by atoms with Crippen molar-refractivity contribution in [3.8, 4) is 0 Å². The van der Waals surface area contributed by atoms with Gasteiger partial charge in [-0.25, -0.2) is 15.0 Å². The summed E-state index contributed by atoms with van der Waals surface area (Å²) in [6, 6.07) is 6.21. The average Bonchev–Trinajstić information content (AvgIpc) is 3.05. The Bertz CT molecular complexity index is 1020. The number of thiazole rings is 1. The fraction of sp³-hybridized carbons (Fsp3) is 0.389. The zero-order valence-electron chi connectivity index (χ0n) is 15.3. The summed E-state index contributed by atoms with van der Waals surface area (Å²) >= 11 is 7.27. The van der Waals surface area contributed by atoms with E-state index in [2.05, 4.69) is 44.2 Å². The van der Waals surface area contributed by atoms with Gasteiger partial charge in [0.1, 0.15) is 6.33 Å². The monoisotopic (exact) mass is 418 g/mol. The van der Waals surface area contributed by atoms with Gasteiger partial charge in [-0.15, -0.1) is 0 Å². The number of hydrogen-bond acceptors (Lipinski definition) is 8. The van der Waals surface area contributed by atoms with Crippen molar-refractivity contribution in [2.24, 2.45) is 5.92 Å². The first kappa shape index (κ1) is 19.0. The predicted octanol–water partition coefficient (Wildman–Crippen LogP) is 4.62. The highest BCUT2D eigenvalue weighted by atomic mass is 35.5. The average molecular weight is 419 g/mol. The Morgan fingerprint density at radius 3 is 2.89 bits per heavy atom. The number of aromatic nitrogens is 3. The van der Waals surface area contributed by atoms with Gasteiger partial charge in [0.2, 0.25) is 11.0 Å². The fourth-order valence-electron chi connectivity index (χ4n) is 3.31. The van der Waals surface area contributed by atoms with Crippen molar-refractivity contribution in [1.29, 1.82) is 0 Å². The van der Waals surface area contributed by atoms with Gasteiger partial charge in [0.05, 0.1) is 15.1 Å². The largest absolute Gasteiger partial charge is 0.348 e. The predicted molar refractivity (Wildman–Crippen MR) is 110 cm³/mol. The van der Waals surface area contributed by atoms with E-state index in [9.17, 15) is 10.1 Å². The molecule has 8 nitrogen and oxygen atoms in total. The van der Waals surface area contributed by atoms with Crippen LogP contribution in [0.15, 0.2) is 24.5 Å². The number of nitrogens with zero attached hydrogens (tertiary/aromatic N) is 5. The highest BCUT2D eigenvalue weighted by Gasteiger charge is 2.22. The summed E-state index contributed by atoms with van der Waals surface area (Å²) in [5.41, 5.74) is 1.73. The van der Waals surface area contributed by atoms with E-state index in [1.54, 1.807) is 0 Å². The molecule has 1 aliphatic rings. The number of rotatable bonds is 5. The molecular weight excluding hydrogens is 400 g/mol. The molecule has 2 aromatic heterocycles. The summed E-state index contributed by atoms with van der Waals surface area (Å²) in [6.07, 6.45) is 3.68. The van der Waals surface area contributed by atoms with Crippen LogP contribution in [0.3, 0.4) is 0 Å². The number of halogens is 1. The van der Waals surface area contributed by atoms with Crippen molar-refractivity contribution in [1.82, 2.24) is 19.9 Å². The van der Waals surface area contributed by atoms with Crippen molar-refractivity contribution in [2.45, 2.75) is 26.3 Å². The number of piperidine rings is 1. The molecule has 0 amide bonds. The Labute approximate surface area is 170 Å². The van der Waals surface area contributed by atoms with Gasteiger partial charge in [-0.2, -0.15) is 0 Å². The molecule has 3 heterocycles. The molecule has 1 fully saturated rings. The van der Waals surface area contributed by atoms with E-state index in [1.807, 2.05) is 6.07 Å². The number of benzene rings is 1. The fourth-order valence-corrected chi connectivity index (χ4v) is 4.44. The smallest absolute Gasteiger partial charge is 0.310 e. The second-order valence-corrected chi connectivity index (χ2v) is 8.41. The van der Waals surface area contributed by atoms with E-state index in [1.165, 1.54) is 36.1 Å². The number of hydrogen-bond donors (Lipinski definition) is 1. The van der Waals surface area contributed by atoms with Crippen molar-refractivity contribution < 1.29 is 4.92 Å². The molecule has 1 N–H and O–H groups in total.